The molecule has 0 spiro atoms. The number of halogens is 2. The van der Waals surface area contributed by atoms with E-state index in [0.717, 1.165) is 11.3 Å². The SMILES string of the molecule is Cl.NCC(c1ccc(F)cc1)S(=O)(=O)c1cccs1. The van der Waals surface area contributed by atoms with Crippen molar-refractivity contribution in [2.45, 2.75) is 9.46 Å². The van der Waals surface area contributed by atoms with Gasteiger partial charge in [-0.15, -0.1) is 23.7 Å². The molecule has 1 atom stereocenters. The zero-order valence-electron chi connectivity index (χ0n) is 9.82. The van der Waals surface area contributed by atoms with Crippen molar-refractivity contribution in [2.24, 2.45) is 5.73 Å². The van der Waals surface area contributed by atoms with E-state index < -0.39 is 20.9 Å². The first-order valence-electron chi connectivity index (χ1n) is 5.28. The predicted molar refractivity (Wildman–Crippen MR) is 76.9 cm³/mol. The summed E-state index contributed by atoms with van der Waals surface area (Å²) in [4.78, 5) is 0. The molecule has 2 rings (SSSR count). The molecule has 2 aromatic rings. The van der Waals surface area contributed by atoms with Crippen LogP contribution in [0.3, 0.4) is 0 Å². The van der Waals surface area contributed by atoms with Crippen molar-refractivity contribution in [3.8, 4) is 0 Å². The van der Waals surface area contributed by atoms with Gasteiger partial charge in [-0.25, -0.2) is 12.8 Å². The summed E-state index contributed by atoms with van der Waals surface area (Å²) in [6, 6.07) is 8.61. The molecule has 0 amide bonds. The zero-order chi connectivity index (χ0) is 13.2. The van der Waals surface area contributed by atoms with Crippen LogP contribution in [-0.4, -0.2) is 15.0 Å². The van der Waals surface area contributed by atoms with Crippen molar-refractivity contribution < 1.29 is 12.8 Å². The van der Waals surface area contributed by atoms with Gasteiger partial charge in [0.15, 0.2) is 9.84 Å². The summed E-state index contributed by atoms with van der Waals surface area (Å²) < 4.78 is 37.8. The van der Waals surface area contributed by atoms with Crippen molar-refractivity contribution in [1.82, 2.24) is 0 Å². The minimum atomic E-state index is -3.50. The summed E-state index contributed by atoms with van der Waals surface area (Å²) in [7, 11) is -3.50. The van der Waals surface area contributed by atoms with E-state index >= 15 is 0 Å². The van der Waals surface area contributed by atoms with Crippen LogP contribution in [0.4, 0.5) is 4.39 Å². The van der Waals surface area contributed by atoms with Gasteiger partial charge in [0.05, 0.1) is 0 Å². The lowest BCUT2D eigenvalue weighted by atomic mass is 10.1. The number of thiophene rings is 1. The first kappa shape index (κ1) is 16.1. The van der Waals surface area contributed by atoms with Crippen LogP contribution in [-0.2, 0) is 9.84 Å². The fraction of sp³-hybridized carbons (Fsp3) is 0.167. The molecule has 1 unspecified atom stereocenters. The van der Waals surface area contributed by atoms with Gasteiger partial charge in [-0.05, 0) is 29.1 Å². The Labute approximate surface area is 121 Å². The number of sulfone groups is 1. The Kier molecular flexibility index (Phi) is 5.49. The maximum atomic E-state index is 12.8. The summed E-state index contributed by atoms with van der Waals surface area (Å²) in [5.74, 6) is -0.400. The Morgan fingerprint density at radius 2 is 1.84 bits per heavy atom. The van der Waals surface area contributed by atoms with Gasteiger partial charge in [0, 0.05) is 6.54 Å². The average molecular weight is 322 g/mol. The van der Waals surface area contributed by atoms with Crippen LogP contribution in [0.25, 0.3) is 0 Å². The molecule has 7 heteroatoms. The molecule has 1 aromatic heterocycles. The summed E-state index contributed by atoms with van der Waals surface area (Å²) in [6.45, 7) is -0.0358. The lowest BCUT2D eigenvalue weighted by Gasteiger charge is -2.15. The highest BCUT2D eigenvalue weighted by Crippen LogP contribution is 2.30. The van der Waals surface area contributed by atoms with Crippen molar-refractivity contribution >= 4 is 33.6 Å². The third-order valence-electron chi connectivity index (χ3n) is 2.61. The molecule has 0 radical (unpaired) electrons. The van der Waals surface area contributed by atoms with E-state index in [-0.39, 0.29) is 23.2 Å². The van der Waals surface area contributed by atoms with Crippen LogP contribution < -0.4 is 5.73 Å². The van der Waals surface area contributed by atoms with Crippen molar-refractivity contribution in [2.75, 3.05) is 6.54 Å². The second-order valence-electron chi connectivity index (χ2n) is 3.75. The van der Waals surface area contributed by atoms with E-state index in [1.807, 2.05) is 0 Å². The summed E-state index contributed by atoms with van der Waals surface area (Å²) in [5.41, 5.74) is 6.07. The first-order chi connectivity index (χ1) is 8.55. The molecule has 0 bridgehead atoms. The number of hydrogen-bond donors (Lipinski definition) is 1. The van der Waals surface area contributed by atoms with Gasteiger partial charge >= 0.3 is 0 Å². The molecule has 0 aliphatic rings. The standard InChI is InChI=1S/C12H12FNO2S2.ClH/c13-10-5-3-9(4-6-10)11(8-14)18(15,16)12-2-1-7-17-12;/h1-7,11H,8,14H2;1H. The van der Waals surface area contributed by atoms with Crippen LogP contribution >= 0.6 is 23.7 Å². The second-order valence-corrected chi connectivity index (χ2v) is 7.06. The zero-order valence-corrected chi connectivity index (χ0v) is 12.3. The lowest BCUT2D eigenvalue weighted by molar-refractivity contribution is 0.584. The van der Waals surface area contributed by atoms with E-state index in [0.29, 0.717) is 5.56 Å². The van der Waals surface area contributed by atoms with Crippen LogP contribution in [0.2, 0.25) is 0 Å². The predicted octanol–water partition coefficient (Wildman–Crippen LogP) is 2.78. The van der Waals surface area contributed by atoms with E-state index in [1.165, 1.54) is 24.3 Å². The number of benzene rings is 1. The largest absolute Gasteiger partial charge is 0.329 e. The molecule has 2 N–H and O–H groups in total. The number of hydrogen-bond acceptors (Lipinski definition) is 4. The van der Waals surface area contributed by atoms with Gasteiger partial charge in [-0.2, -0.15) is 0 Å². The lowest BCUT2D eigenvalue weighted by Crippen LogP contribution is -2.21. The van der Waals surface area contributed by atoms with Crippen molar-refractivity contribution in [1.29, 1.82) is 0 Å². The quantitative estimate of drug-likeness (QED) is 0.942. The fourth-order valence-electron chi connectivity index (χ4n) is 1.68. The second kappa shape index (κ2) is 6.47. The average Bonchev–Trinajstić information content (AvgIpc) is 2.86. The summed E-state index contributed by atoms with van der Waals surface area (Å²) in [5, 5.41) is 0.863. The van der Waals surface area contributed by atoms with Crippen LogP contribution in [0, 0.1) is 5.82 Å². The maximum absolute atomic E-state index is 12.8. The molecule has 104 valence electrons. The number of nitrogens with two attached hydrogens (primary N) is 1. The molecule has 0 aliphatic carbocycles. The molecule has 3 nitrogen and oxygen atoms in total. The molecule has 0 aliphatic heterocycles. The molecular formula is C12H13ClFNO2S2. The van der Waals surface area contributed by atoms with Gasteiger partial charge in [-0.3, -0.25) is 0 Å². The monoisotopic (exact) mass is 321 g/mol. The van der Waals surface area contributed by atoms with E-state index in [1.54, 1.807) is 17.5 Å². The molecule has 1 heterocycles. The Hall–Kier alpha value is -0.950. The highest BCUT2D eigenvalue weighted by molar-refractivity contribution is 7.93. The van der Waals surface area contributed by atoms with E-state index in [2.05, 4.69) is 0 Å². The van der Waals surface area contributed by atoms with Crippen molar-refractivity contribution in [3.05, 3.63) is 53.2 Å². The molecule has 0 saturated carbocycles. The maximum Gasteiger partial charge on any atom is 0.195 e. The molecule has 0 fully saturated rings. The minimum Gasteiger partial charge on any atom is -0.329 e. The smallest absolute Gasteiger partial charge is 0.195 e. The van der Waals surface area contributed by atoms with Crippen molar-refractivity contribution in [3.63, 3.8) is 0 Å². The van der Waals surface area contributed by atoms with Gasteiger partial charge in [0.25, 0.3) is 0 Å². The minimum absolute atomic E-state index is 0. The summed E-state index contributed by atoms with van der Waals surface area (Å²) >= 11 is 1.15. The molecule has 0 saturated heterocycles. The summed E-state index contributed by atoms with van der Waals surface area (Å²) in [6.07, 6.45) is 0. The Bertz CT molecular complexity index is 612. The Morgan fingerprint density at radius 1 is 1.21 bits per heavy atom. The van der Waals surface area contributed by atoms with Crippen LogP contribution in [0.15, 0.2) is 46.0 Å². The molecule has 19 heavy (non-hydrogen) atoms. The van der Waals surface area contributed by atoms with E-state index in [4.69, 9.17) is 5.73 Å². The Morgan fingerprint density at radius 3 is 2.32 bits per heavy atom. The third kappa shape index (κ3) is 3.33. The fourth-order valence-corrected chi connectivity index (χ4v) is 4.50. The molecular weight excluding hydrogens is 309 g/mol. The van der Waals surface area contributed by atoms with Gasteiger partial charge in [0.2, 0.25) is 0 Å². The van der Waals surface area contributed by atoms with Crippen LogP contribution in [0.5, 0.6) is 0 Å². The normalized spacial score (nSPS) is 12.7. The number of rotatable bonds is 4. The third-order valence-corrected chi connectivity index (χ3v) is 6.16. The Balaban J connectivity index is 0.00000180. The molecule has 1 aromatic carbocycles. The van der Waals surface area contributed by atoms with Gasteiger partial charge < -0.3 is 5.73 Å². The highest BCUT2D eigenvalue weighted by Gasteiger charge is 2.28. The first-order valence-corrected chi connectivity index (χ1v) is 7.71. The van der Waals surface area contributed by atoms with E-state index in [9.17, 15) is 12.8 Å². The topological polar surface area (TPSA) is 60.2 Å². The van der Waals surface area contributed by atoms with Gasteiger partial charge in [0.1, 0.15) is 15.3 Å². The van der Waals surface area contributed by atoms with Crippen LogP contribution in [0.1, 0.15) is 10.8 Å². The van der Waals surface area contributed by atoms with Gasteiger partial charge in [-0.1, -0.05) is 18.2 Å². The highest BCUT2D eigenvalue weighted by atomic mass is 35.5.